The summed E-state index contributed by atoms with van der Waals surface area (Å²) in [7, 11) is 1.51. The molecule has 1 rings (SSSR count). The van der Waals surface area contributed by atoms with Crippen LogP contribution in [0.15, 0.2) is 12.1 Å². The summed E-state index contributed by atoms with van der Waals surface area (Å²) in [6, 6.07) is 2.85. The Hall–Kier alpha value is -1.58. The van der Waals surface area contributed by atoms with Gasteiger partial charge in [-0.25, -0.2) is 4.39 Å². The Labute approximate surface area is 93.9 Å². The number of rotatable bonds is 4. The topological polar surface area (TPSA) is 46.5 Å². The van der Waals surface area contributed by atoms with E-state index in [4.69, 9.17) is 9.84 Å². The van der Waals surface area contributed by atoms with Gasteiger partial charge in [0.2, 0.25) is 0 Å². The fourth-order valence-electron chi connectivity index (χ4n) is 1.87. The van der Waals surface area contributed by atoms with Crippen LogP contribution in [-0.4, -0.2) is 18.2 Å². The first-order valence-electron chi connectivity index (χ1n) is 5.02. The molecule has 0 aliphatic carbocycles. The number of hydrogen-bond acceptors (Lipinski definition) is 2. The maximum Gasteiger partial charge on any atom is 0.303 e. The Kier molecular flexibility index (Phi) is 3.88. The van der Waals surface area contributed by atoms with E-state index in [1.165, 1.54) is 13.2 Å². The highest BCUT2D eigenvalue weighted by molar-refractivity contribution is 5.68. The van der Waals surface area contributed by atoms with Crippen LogP contribution in [0.25, 0.3) is 0 Å². The second kappa shape index (κ2) is 4.96. The zero-order chi connectivity index (χ0) is 12.3. The lowest BCUT2D eigenvalue weighted by molar-refractivity contribution is -0.137. The predicted octanol–water partition coefficient (Wildman–Crippen LogP) is 2.72. The highest BCUT2D eigenvalue weighted by atomic mass is 19.1. The number of hydrogen-bond donors (Lipinski definition) is 1. The van der Waals surface area contributed by atoms with Crippen LogP contribution in [0.2, 0.25) is 0 Å². The Morgan fingerprint density at radius 1 is 1.56 bits per heavy atom. The minimum absolute atomic E-state index is 0.0923. The molecular weight excluding hydrogens is 211 g/mol. The van der Waals surface area contributed by atoms with Crippen molar-refractivity contribution in [3.63, 3.8) is 0 Å². The van der Waals surface area contributed by atoms with E-state index in [1.807, 2.05) is 0 Å². The third-order valence-corrected chi connectivity index (χ3v) is 2.61. The molecular formula is C12H15FO3. The Bertz CT molecular complexity index is 401. The first-order valence-corrected chi connectivity index (χ1v) is 5.02. The van der Waals surface area contributed by atoms with Crippen LogP contribution in [0.5, 0.6) is 5.75 Å². The quantitative estimate of drug-likeness (QED) is 0.858. The molecule has 0 radical (unpaired) electrons. The first kappa shape index (κ1) is 12.5. The van der Waals surface area contributed by atoms with Gasteiger partial charge in [0.25, 0.3) is 0 Å². The molecule has 1 N–H and O–H groups in total. The van der Waals surface area contributed by atoms with Crippen LogP contribution in [0.4, 0.5) is 4.39 Å². The van der Waals surface area contributed by atoms with Gasteiger partial charge in [-0.3, -0.25) is 4.79 Å². The highest BCUT2D eigenvalue weighted by Crippen LogP contribution is 2.31. The molecule has 3 nitrogen and oxygen atoms in total. The third-order valence-electron chi connectivity index (χ3n) is 2.61. The molecule has 1 unspecified atom stereocenters. The molecule has 88 valence electrons. The van der Waals surface area contributed by atoms with Crippen LogP contribution in [-0.2, 0) is 4.79 Å². The fraction of sp³-hybridized carbons (Fsp3) is 0.417. The maximum atomic E-state index is 13.6. The van der Waals surface area contributed by atoms with Crippen molar-refractivity contribution in [3.05, 3.63) is 29.1 Å². The van der Waals surface area contributed by atoms with Gasteiger partial charge in [0.15, 0.2) is 0 Å². The molecule has 1 aromatic rings. The molecule has 0 heterocycles. The van der Waals surface area contributed by atoms with Crippen molar-refractivity contribution in [2.24, 2.45) is 0 Å². The van der Waals surface area contributed by atoms with E-state index < -0.39 is 5.97 Å². The maximum absolute atomic E-state index is 13.6. The normalized spacial score (nSPS) is 12.2. The van der Waals surface area contributed by atoms with Gasteiger partial charge in [-0.15, -0.1) is 0 Å². The second-order valence-corrected chi connectivity index (χ2v) is 3.79. The smallest absolute Gasteiger partial charge is 0.303 e. The summed E-state index contributed by atoms with van der Waals surface area (Å²) < 4.78 is 18.7. The lowest BCUT2D eigenvalue weighted by Gasteiger charge is -2.16. The minimum Gasteiger partial charge on any atom is -0.496 e. The minimum atomic E-state index is -0.936. The van der Waals surface area contributed by atoms with Crippen LogP contribution in [0.3, 0.4) is 0 Å². The van der Waals surface area contributed by atoms with E-state index in [0.717, 1.165) is 0 Å². The number of carboxylic acids is 1. The molecule has 4 heteroatoms. The summed E-state index contributed by atoms with van der Waals surface area (Å²) in [5.74, 6) is -1.11. The van der Waals surface area contributed by atoms with Crippen molar-refractivity contribution in [1.29, 1.82) is 0 Å². The number of carbonyl (C=O) groups is 1. The lowest BCUT2D eigenvalue weighted by Crippen LogP contribution is -2.07. The van der Waals surface area contributed by atoms with Crippen molar-refractivity contribution in [2.75, 3.05) is 7.11 Å². The molecule has 0 aliphatic heterocycles. The first-order chi connectivity index (χ1) is 7.47. The molecule has 16 heavy (non-hydrogen) atoms. The van der Waals surface area contributed by atoms with Crippen molar-refractivity contribution in [2.45, 2.75) is 26.2 Å². The average molecular weight is 226 g/mol. The zero-order valence-electron chi connectivity index (χ0n) is 9.58. The second-order valence-electron chi connectivity index (χ2n) is 3.79. The molecule has 0 spiro atoms. The van der Waals surface area contributed by atoms with Gasteiger partial charge in [0, 0.05) is 0 Å². The van der Waals surface area contributed by atoms with E-state index in [9.17, 15) is 9.18 Å². The monoisotopic (exact) mass is 226 g/mol. The number of methoxy groups -OCH3 is 1. The number of carboxylic acid groups (broad SMARTS) is 1. The summed E-state index contributed by atoms with van der Waals surface area (Å²) >= 11 is 0. The van der Waals surface area contributed by atoms with Gasteiger partial charge in [0.1, 0.15) is 11.6 Å². The number of ether oxygens (including phenoxy) is 1. The highest BCUT2D eigenvalue weighted by Gasteiger charge is 2.18. The van der Waals surface area contributed by atoms with E-state index >= 15 is 0 Å². The molecule has 0 fully saturated rings. The fourth-order valence-corrected chi connectivity index (χ4v) is 1.87. The summed E-state index contributed by atoms with van der Waals surface area (Å²) in [6.07, 6.45) is -0.0923. The zero-order valence-corrected chi connectivity index (χ0v) is 9.58. The number of halogens is 1. The largest absolute Gasteiger partial charge is 0.496 e. The van der Waals surface area contributed by atoms with E-state index in [1.54, 1.807) is 19.9 Å². The SMILES string of the molecule is COc1ccc(F)c(C(C)CC(=O)O)c1C. The van der Waals surface area contributed by atoms with Crippen molar-refractivity contribution < 1.29 is 19.0 Å². The van der Waals surface area contributed by atoms with E-state index in [0.29, 0.717) is 16.9 Å². The van der Waals surface area contributed by atoms with E-state index in [-0.39, 0.29) is 18.2 Å². The van der Waals surface area contributed by atoms with Crippen LogP contribution < -0.4 is 4.74 Å². The summed E-state index contributed by atoms with van der Waals surface area (Å²) in [5.41, 5.74) is 1.08. The molecule has 0 bridgehead atoms. The number of benzene rings is 1. The molecule has 0 amide bonds. The van der Waals surface area contributed by atoms with Gasteiger partial charge in [-0.2, -0.15) is 0 Å². The van der Waals surface area contributed by atoms with Crippen molar-refractivity contribution >= 4 is 5.97 Å². The molecule has 1 aromatic carbocycles. The van der Waals surface area contributed by atoms with Gasteiger partial charge in [-0.05, 0) is 36.1 Å². The van der Waals surface area contributed by atoms with Gasteiger partial charge in [-0.1, -0.05) is 6.92 Å². The van der Waals surface area contributed by atoms with Gasteiger partial charge in [0.05, 0.1) is 13.5 Å². The summed E-state index contributed by atoms with van der Waals surface area (Å²) in [5, 5.41) is 8.70. The summed E-state index contributed by atoms with van der Waals surface area (Å²) in [6.45, 7) is 3.43. The Morgan fingerprint density at radius 2 is 2.19 bits per heavy atom. The van der Waals surface area contributed by atoms with Crippen LogP contribution in [0, 0.1) is 12.7 Å². The Morgan fingerprint density at radius 3 is 2.69 bits per heavy atom. The molecule has 0 aliphatic rings. The predicted molar refractivity (Wildman–Crippen MR) is 58.4 cm³/mol. The molecule has 0 aromatic heterocycles. The van der Waals surface area contributed by atoms with Crippen molar-refractivity contribution in [3.8, 4) is 5.75 Å². The summed E-state index contributed by atoms with van der Waals surface area (Å²) in [4.78, 5) is 10.6. The average Bonchev–Trinajstić information content (AvgIpc) is 2.16. The van der Waals surface area contributed by atoms with Gasteiger partial charge >= 0.3 is 5.97 Å². The van der Waals surface area contributed by atoms with Crippen LogP contribution >= 0.6 is 0 Å². The Balaban J connectivity index is 3.15. The van der Waals surface area contributed by atoms with Crippen molar-refractivity contribution in [1.82, 2.24) is 0 Å². The molecule has 1 atom stereocenters. The lowest BCUT2D eigenvalue weighted by atomic mass is 9.92. The molecule has 0 saturated heterocycles. The van der Waals surface area contributed by atoms with Crippen LogP contribution in [0.1, 0.15) is 30.4 Å². The third kappa shape index (κ3) is 2.51. The standard InChI is InChI=1S/C12H15FO3/c1-7(6-11(14)15)12-8(2)10(16-3)5-4-9(12)13/h4-5,7H,6H2,1-3H3,(H,14,15). The van der Waals surface area contributed by atoms with Gasteiger partial charge < -0.3 is 9.84 Å². The van der Waals surface area contributed by atoms with E-state index in [2.05, 4.69) is 0 Å². The molecule has 0 saturated carbocycles. The number of aliphatic carboxylic acids is 1.